The van der Waals surface area contributed by atoms with Crippen molar-refractivity contribution in [1.82, 2.24) is 5.32 Å². The molecule has 20 heavy (non-hydrogen) atoms. The van der Waals surface area contributed by atoms with Crippen LogP contribution in [-0.2, 0) is 6.54 Å². The number of rotatable bonds is 4. The Morgan fingerprint density at radius 3 is 2.40 bits per heavy atom. The fraction of sp³-hybridized carbons (Fsp3) is 0.571. The van der Waals surface area contributed by atoms with Crippen molar-refractivity contribution < 1.29 is 18.3 Å². The first kappa shape index (κ1) is 15.7. The fourth-order valence-electron chi connectivity index (χ4n) is 2.41. The molecule has 0 unspecified atom stereocenters. The second-order valence-electron chi connectivity index (χ2n) is 5.03. The smallest absolute Gasteiger partial charge is 0.392 e. The molecule has 0 aliphatic heterocycles. The van der Waals surface area contributed by atoms with Gasteiger partial charge in [0.25, 0.3) is 0 Å². The van der Waals surface area contributed by atoms with E-state index in [1.807, 2.05) is 0 Å². The monoisotopic (exact) mass is 305 g/mol. The number of hydrogen-bond acceptors (Lipinski definition) is 3. The summed E-state index contributed by atoms with van der Waals surface area (Å²) in [5.41, 5.74) is -3.32. The Labute approximate surface area is 120 Å². The van der Waals surface area contributed by atoms with Crippen molar-refractivity contribution in [2.45, 2.75) is 54.8 Å². The van der Waals surface area contributed by atoms with Gasteiger partial charge in [-0.05, 0) is 42.3 Å². The summed E-state index contributed by atoms with van der Waals surface area (Å²) in [6, 6.07) is 6.43. The maximum atomic E-state index is 12.2. The highest BCUT2D eigenvalue weighted by molar-refractivity contribution is 8.00. The number of hydrogen-bond donors (Lipinski definition) is 2. The van der Waals surface area contributed by atoms with E-state index in [0.29, 0.717) is 6.54 Å². The fourth-order valence-corrected chi connectivity index (χ4v) is 2.95. The predicted molar refractivity (Wildman–Crippen MR) is 73.5 cm³/mol. The van der Waals surface area contributed by atoms with Crippen molar-refractivity contribution in [1.29, 1.82) is 0 Å². The Morgan fingerprint density at radius 1 is 1.15 bits per heavy atom. The van der Waals surface area contributed by atoms with Crippen molar-refractivity contribution in [3.63, 3.8) is 0 Å². The van der Waals surface area contributed by atoms with Crippen LogP contribution in [0.25, 0.3) is 0 Å². The number of benzene rings is 1. The van der Waals surface area contributed by atoms with Crippen LogP contribution in [0.3, 0.4) is 0 Å². The quantitative estimate of drug-likeness (QED) is 0.832. The summed E-state index contributed by atoms with van der Waals surface area (Å²) in [4.78, 5) is 0.193. The van der Waals surface area contributed by atoms with Crippen molar-refractivity contribution in [3.05, 3.63) is 29.8 Å². The van der Waals surface area contributed by atoms with Gasteiger partial charge in [0.2, 0.25) is 0 Å². The second-order valence-corrected chi connectivity index (χ2v) is 6.17. The Kier molecular flexibility index (Phi) is 5.35. The lowest BCUT2D eigenvalue weighted by molar-refractivity contribution is -0.0328. The molecule has 1 aliphatic rings. The maximum absolute atomic E-state index is 12.2. The third-order valence-corrected chi connectivity index (χ3v) is 4.19. The van der Waals surface area contributed by atoms with Crippen molar-refractivity contribution in [3.8, 4) is 0 Å². The molecule has 0 saturated heterocycles. The van der Waals surface area contributed by atoms with E-state index in [1.54, 1.807) is 12.1 Å². The van der Waals surface area contributed by atoms with E-state index >= 15 is 0 Å². The van der Waals surface area contributed by atoms with Crippen LogP contribution in [0, 0.1) is 0 Å². The standard InChI is InChI=1S/C14H18F3NOS/c15-14(16,17)20-11-7-5-10(6-8-11)9-18-12-3-1-2-4-13(12)19/h5-8,12-13,18-19H,1-4,9H2/t12-,13-/m0/s1. The third kappa shape index (κ3) is 5.00. The molecule has 0 spiro atoms. The molecule has 112 valence electrons. The van der Waals surface area contributed by atoms with Gasteiger partial charge in [-0.1, -0.05) is 25.0 Å². The minimum Gasteiger partial charge on any atom is -0.392 e. The van der Waals surface area contributed by atoms with Gasteiger partial charge in [-0.2, -0.15) is 13.2 Å². The molecule has 0 aromatic heterocycles. The molecule has 1 fully saturated rings. The lowest BCUT2D eigenvalue weighted by Gasteiger charge is -2.28. The number of thioether (sulfide) groups is 1. The van der Waals surface area contributed by atoms with Crippen LogP contribution in [0.5, 0.6) is 0 Å². The highest BCUT2D eigenvalue weighted by Gasteiger charge is 2.29. The van der Waals surface area contributed by atoms with E-state index < -0.39 is 5.51 Å². The summed E-state index contributed by atoms with van der Waals surface area (Å²) in [5.74, 6) is 0. The van der Waals surface area contributed by atoms with Crippen LogP contribution in [0.1, 0.15) is 31.2 Å². The van der Waals surface area contributed by atoms with Gasteiger partial charge >= 0.3 is 5.51 Å². The van der Waals surface area contributed by atoms with Crippen molar-refractivity contribution in [2.75, 3.05) is 0 Å². The lowest BCUT2D eigenvalue weighted by Crippen LogP contribution is -2.41. The average Bonchev–Trinajstić information content (AvgIpc) is 2.38. The first-order chi connectivity index (χ1) is 9.44. The zero-order chi connectivity index (χ0) is 14.6. The van der Waals surface area contributed by atoms with Crippen LogP contribution in [0.4, 0.5) is 13.2 Å². The molecule has 1 saturated carbocycles. The van der Waals surface area contributed by atoms with Gasteiger partial charge in [-0.15, -0.1) is 0 Å². The van der Waals surface area contributed by atoms with Crippen LogP contribution in [-0.4, -0.2) is 22.8 Å². The van der Waals surface area contributed by atoms with E-state index in [0.717, 1.165) is 31.2 Å². The van der Waals surface area contributed by atoms with Crippen molar-refractivity contribution in [2.24, 2.45) is 0 Å². The van der Waals surface area contributed by atoms with Crippen LogP contribution in [0.2, 0.25) is 0 Å². The number of halogens is 3. The number of aliphatic hydroxyl groups is 1. The zero-order valence-electron chi connectivity index (χ0n) is 11.0. The SMILES string of the molecule is O[C@H]1CCCC[C@@H]1NCc1ccc(SC(F)(F)F)cc1. The molecule has 2 rings (SSSR count). The van der Waals surface area contributed by atoms with Gasteiger partial charge in [-0.3, -0.25) is 0 Å². The highest BCUT2D eigenvalue weighted by atomic mass is 32.2. The Bertz CT molecular complexity index is 421. The summed E-state index contributed by atoms with van der Waals surface area (Å²) in [5, 5.41) is 13.1. The molecular formula is C14H18F3NOS. The largest absolute Gasteiger partial charge is 0.446 e. The van der Waals surface area contributed by atoms with Crippen LogP contribution in [0.15, 0.2) is 29.2 Å². The number of nitrogens with one attached hydrogen (secondary N) is 1. The van der Waals surface area contributed by atoms with E-state index in [-0.39, 0.29) is 28.8 Å². The predicted octanol–water partition coefficient (Wildman–Crippen LogP) is 3.69. The second kappa shape index (κ2) is 6.83. The molecule has 2 nitrogen and oxygen atoms in total. The van der Waals surface area contributed by atoms with Gasteiger partial charge in [0.1, 0.15) is 0 Å². The molecule has 6 heteroatoms. The first-order valence-corrected chi connectivity index (χ1v) is 7.52. The molecule has 2 atom stereocenters. The Balaban J connectivity index is 1.84. The van der Waals surface area contributed by atoms with E-state index in [1.165, 1.54) is 12.1 Å². The van der Waals surface area contributed by atoms with Crippen LogP contribution >= 0.6 is 11.8 Å². The molecule has 1 aliphatic carbocycles. The highest BCUT2D eigenvalue weighted by Crippen LogP contribution is 2.36. The summed E-state index contributed by atoms with van der Waals surface area (Å²) < 4.78 is 36.6. The molecule has 0 amide bonds. The third-order valence-electron chi connectivity index (χ3n) is 3.45. The molecule has 1 aromatic carbocycles. The first-order valence-electron chi connectivity index (χ1n) is 6.70. The zero-order valence-corrected chi connectivity index (χ0v) is 11.8. The maximum Gasteiger partial charge on any atom is 0.446 e. The lowest BCUT2D eigenvalue weighted by atomic mass is 9.92. The average molecular weight is 305 g/mol. The van der Waals surface area contributed by atoms with Gasteiger partial charge in [0, 0.05) is 17.5 Å². The van der Waals surface area contributed by atoms with E-state index in [4.69, 9.17) is 0 Å². The minimum atomic E-state index is -4.24. The van der Waals surface area contributed by atoms with Crippen LogP contribution < -0.4 is 5.32 Å². The summed E-state index contributed by atoms with van der Waals surface area (Å²) in [6.07, 6.45) is 3.62. The molecule has 1 aromatic rings. The van der Waals surface area contributed by atoms with Gasteiger partial charge in [0.15, 0.2) is 0 Å². The van der Waals surface area contributed by atoms with E-state index in [9.17, 15) is 18.3 Å². The molecule has 2 N–H and O–H groups in total. The minimum absolute atomic E-state index is 0.0907. The van der Waals surface area contributed by atoms with Crippen molar-refractivity contribution >= 4 is 11.8 Å². The molecule has 0 heterocycles. The molecule has 0 bridgehead atoms. The van der Waals surface area contributed by atoms with E-state index in [2.05, 4.69) is 5.32 Å². The number of aliphatic hydroxyl groups excluding tert-OH is 1. The molecular weight excluding hydrogens is 287 g/mol. The topological polar surface area (TPSA) is 32.3 Å². The van der Waals surface area contributed by atoms with Gasteiger partial charge in [-0.25, -0.2) is 0 Å². The Morgan fingerprint density at radius 2 is 1.80 bits per heavy atom. The normalized spacial score (nSPS) is 23.8. The summed E-state index contributed by atoms with van der Waals surface area (Å²) in [6.45, 7) is 0.568. The Hall–Kier alpha value is -0.720. The van der Waals surface area contributed by atoms with Gasteiger partial charge in [0.05, 0.1) is 6.10 Å². The summed E-state index contributed by atoms with van der Waals surface area (Å²) >= 11 is -0.104. The van der Waals surface area contributed by atoms with Gasteiger partial charge < -0.3 is 10.4 Å². The summed E-state index contributed by atoms with van der Waals surface area (Å²) in [7, 11) is 0. The molecule has 0 radical (unpaired) electrons. The number of alkyl halides is 3.